The SMILES string of the molecule is CC1CN(CC(=O)Nc2ccccc2C(C)C)CCN1.Cl. The van der Waals surface area contributed by atoms with Crippen LogP contribution in [0, 0.1) is 0 Å². The number of piperazine rings is 1. The molecule has 21 heavy (non-hydrogen) atoms. The molecular weight excluding hydrogens is 286 g/mol. The predicted octanol–water partition coefficient (Wildman–Crippen LogP) is 2.46. The molecule has 118 valence electrons. The van der Waals surface area contributed by atoms with Crippen molar-refractivity contribution in [1.29, 1.82) is 0 Å². The van der Waals surface area contributed by atoms with Gasteiger partial charge in [-0.1, -0.05) is 32.0 Å². The Morgan fingerprint density at radius 3 is 2.81 bits per heavy atom. The van der Waals surface area contributed by atoms with Crippen LogP contribution in [0.25, 0.3) is 0 Å². The quantitative estimate of drug-likeness (QED) is 0.898. The number of anilines is 1. The topological polar surface area (TPSA) is 44.4 Å². The van der Waals surface area contributed by atoms with Gasteiger partial charge in [0.15, 0.2) is 0 Å². The molecule has 1 amide bonds. The molecule has 1 atom stereocenters. The van der Waals surface area contributed by atoms with E-state index in [1.54, 1.807) is 0 Å². The van der Waals surface area contributed by atoms with E-state index >= 15 is 0 Å². The number of carbonyl (C=O) groups is 1. The van der Waals surface area contributed by atoms with Gasteiger partial charge < -0.3 is 10.6 Å². The van der Waals surface area contributed by atoms with E-state index in [1.165, 1.54) is 5.56 Å². The fourth-order valence-corrected chi connectivity index (χ4v) is 2.66. The van der Waals surface area contributed by atoms with Crippen molar-refractivity contribution >= 4 is 24.0 Å². The molecule has 1 aromatic carbocycles. The van der Waals surface area contributed by atoms with Gasteiger partial charge >= 0.3 is 0 Å². The first-order chi connectivity index (χ1) is 9.56. The van der Waals surface area contributed by atoms with Gasteiger partial charge in [-0.2, -0.15) is 0 Å². The van der Waals surface area contributed by atoms with Crippen molar-refractivity contribution in [3.05, 3.63) is 29.8 Å². The van der Waals surface area contributed by atoms with Gasteiger partial charge in [0.25, 0.3) is 0 Å². The number of benzene rings is 1. The van der Waals surface area contributed by atoms with Crippen LogP contribution in [-0.4, -0.2) is 43.0 Å². The fourth-order valence-electron chi connectivity index (χ4n) is 2.66. The summed E-state index contributed by atoms with van der Waals surface area (Å²) in [5, 5.41) is 6.44. The largest absolute Gasteiger partial charge is 0.325 e. The molecule has 1 heterocycles. The van der Waals surface area contributed by atoms with Crippen molar-refractivity contribution in [3.8, 4) is 0 Å². The number of halogens is 1. The van der Waals surface area contributed by atoms with Crippen LogP contribution in [0.1, 0.15) is 32.3 Å². The second-order valence-electron chi connectivity index (χ2n) is 5.88. The Morgan fingerprint density at radius 1 is 1.43 bits per heavy atom. The van der Waals surface area contributed by atoms with Crippen LogP contribution in [-0.2, 0) is 4.79 Å². The first-order valence-corrected chi connectivity index (χ1v) is 7.40. The highest BCUT2D eigenvalue weighted by Gasteiger charge is 2.18. The summed E-state index contributed by atoms with van der Waals surface area (Å²) in [5.74, 6) is 0.484. The van der Waals surface area contributed by atoms with Crippen LogP contribution in [0.4, 0.5) is 5.69 Å². The third kappa shape index (κ3) is 5.30. The van der Waals surface area contributed by atoms with Gasteiger partial charge in [-0.15, -0.1) is 12.4 Å². The summed E-state index contributed by atoms with van der Waals surface area (Å²) in [6.07, 6.45) is 0. The van der Waals surface area contributed by atoms with Crippen LogP contribution in [0.3, 0.4) is 0 Å². The van der Waals surface area contributed by atoms with Gasteiger partial charge in [-0.25, -0.2) is 0 Å². The van der Waals surface area contributed by atoms with Gasteiger partial charge in [-0.05, 0) is 24.5 Å². The summed E-state index contributed by atoms with van der Waals surface area (Å²) < 4.78 is 0. The maximum absolute atomic E-state index is 12.2. The summed E-state index contributed by atoms with van der Waals surface area (Å²) >= 11 is 0. The fraction of sp³-hybridized carbons (Fsp3) is 0.562. The Balaban J connectivity index is 0.00000220. The minimum atomic E-state index is 0. The molecule has 1 fully saturated rings. The molecule has 0 aromatic heterocycles. The Labute approximate surface area is 133 Å². The molecule has 0 bridgehead atoms. The van der Waals surface area contributed by atoms with Crippen molar-refractivity contribution < 1.29 is 4.79 Å². The van der Waals surface area contributed by atoms with Crippen LogP contribution in [0.15, 0.2) is 24.3 Å². The number of carbonyl (C=O) groups excluding carboxylic acids is 1. The third-order valence-electron chi connectivity index (χ3n) is 3.68. The standard InChI is InChI=1S/C16H25N3O.ClH/c1-12(2)14-6-4-5-7-15(14)18-16(20)11-19-9-8-17-13(3)10-19;/h4-7,12-13,17H,8-11H2,1-3H3,(H,18,20);1H. The van der Waals surface area contributed by atoms with Crippen molar-refractivity contribution in [2.45, 2.75) is 32.7 Å². The monoisotopic (exact) mass is 311 g/mol. The predicted molar refractivity (Wildman–Crippen MR) is 90.3 cm³/mol. The lowest BCUT2D eigenvalue weighted by Crippen LogP contribution is -2.51. The van der Waals surface area contributed by atoms with Crippen molar-refractivity contribution in [2.24, 2.45) is 0 Å². The lowest BCUT2D eigenvalue weighted by molar-refractivity contribution is -0.117. The molecule has 1 saturated heterocycles. The second kappa shape index (κ2) is 8.37. The molecule has 1 aliphatic rings. The Morgan fingerprint density at radius 2 is 2.14 bits per heavy atom. The molecular formula is C16H26ClN3O. The van der Waals surface area contributed by atoms with Gasteiger partial charge in [-0.3, -0.25) is 9.69 Å². The molecule has 0 radical (unpaired) electrons. The summed E-state index contributed by atoms with van der Waals surface area (Å²) in [4.78, 5) is 14.4. The summed E-state index contributed by atoms with van der Waals surface area (Å²) in [7, 11) is 0. The van der Waals surface area contributed by atoms with E-state index in [0.29, 0.717) is 18.5 Å². The van der Waals surface area contributed by atoms with Crippen LogP contribution >= 0.6 is 12.4 Å². The molecule has 0 aliphatic carbocycles. The third-order valence-corrected chi connectivity index (χ3v) is 3.68. The first kappa shape index (κ1) is 18.0. The number of nitrogens with zero attached hydrogens (tertiary/aromatic N) is 1. The normalized spacial score (nSPS) is 19.1. The van der Waals surface area contributed by atoms with Crippen LogP contribution < -0.4 is 10.6 Å². The Bertz CT molecular complexity index is 465. The molecule has 0 saturated carbocycles. The zero-order valence-electron chi connectivity index (χ0n) is 13.1. The highest BCUT2D eigenvalue weighted by atomic mass is 35.5. The van der Waals surface area contributed by atoms with E-state index in [9.17, 15) is 4.79 Å². The summed E-state index contributed by atoms with van der Waals surface area (Å²) in [6.45, 7) is 9.72. The van der Waals surface area contributed by atoms with Crippen molar-refractivity contribution in [2.75, 3.05) is 31.5 Å². The van der Waals surface area contributed by atoms with Crippen molar-refractivity contribution in [3.63, 3.8) is 0 Å². The zero-order valence-corrected chi connectivity index (χ0v) is 13.9. The number of hydrogen-bond donors (Lipinski definition) is 2. The molecule has 1 aliphatic heterocycles. The molecule has 1 aromatic rings. The molecule has 5 heteroatoms. The lowest BCUT2D eigenvalue weighted by Gasteiger charge is -2.31. The van der Waals surface area contributed by atoms with E-state index in [-0.39, 0.29) is 18.3 Å². The average Bonchev–Trinajstić information content (AvgIpc) is 2.38. The van der Waals surface area contributed by atoms with Crippen molar-refractivity contribution in [1.82, 2.24) is 10.2 Å². The maximum Gasteiger partial charge on any atom is 0.238 e. The first-order valence-electron chi connectivity index (χ1n) is 7.40. The highest BCUT2D eigenvalue weighted by molar-refractivity contribution is 5.93. The van der Waals surface area contributed by atoms with E-state index in [2.05, 4.69) is 42.4 Å². The molecule has 4 nitrogen and oxygen atoms in total. The number of amides is 1. The minimum absolute atomic E-state index is 0. The maximum atomic E-state index is 12.2. The lowest BCUT2D eigenvalue weighted by atomic mass is 10.0. The van der Waals surface area contributed by atoms with Gasteiger partial charge in [0.2, 0.25) is 5.91 Å². The Hall–Kier alpha value is -1.10. The summed E-state index contributed by atoms with van der Waals surface area (Å²) in [5.41, 5.74) is 2.13. The number of nitrogens with one attached hydrogen (secondary N) is 2. The molecule has 1 unspecified atom stereocenters. The molecule has 0 spiro atoms. The van der Waals surface area contributed by atoms with Gasteiger partial charge in [0.1, 0.15) is 0 Å². The number of hydrogen-bond acceptors (Lipinski definition) is 3. The number of rotatable bonds is 4. The smallest absolute Gasteiger partial charge is 0.238 e. The van der Waals surface area contributed by atoms with Crippen LogP contribution in [0.5, 0.6) is 0 Å². The van der Waals surface area contributed by atoms with Crippen LogP contribution in [0.2, 0.25) is 0 Å². The second-order valence-corrected chi connectivity index (χ2v) is 5.88. The van der Waals surface area contributed by atoms with E-state index in [0.717, 1.165) is 25.3 Å². The molecule has 2 N–H and O–H groups in total. The Kier molecular flexibility index (Phi) is 7.15. The summed E-state index contributed by atoms with van der Waals surface area (Å²) in [6, 6.07) is 8.50. The van der Waals surface area contributed by atoms with E-state index in [4.69, 9.17) is 0 Å². The van der Waals surface area contributed by atoms with Gasteiger partial charge in [0, 0.05) is 31.4 Å². The van der Waals surface area contributed by atoms with Gasteiger partial charge in [0.05, 0.1) is 6.54 Å². The zero-order chi connectivity index (χ0) is 14.5. The van der Waals surface area contributed by atoms with E-state index < -0.39 is 0 Å². The highest BCUT2D eigenvalue weighted by Crippen LogP contribution is 2.23. The minimum Gasteiger partial charge on any atom is -0.325 e. The molecule has 2 rings (SSSR count). The number of para-hydroxylation sites is 1. The average molecular weight is 312 g/mol. The van der Waals surface area contributed by atoms with E-state index in [1.807, 2.05) is 18.2 Å².